The van der Waals surface area contributed by atoms with Gasteiger partial charge in [-0.1, -0.05) is 12.1 Å². The van der Waals surface area contributed by atoms with Gasteiger partial charge in [0.25, 0.3) is 11.6 Å². The van der Waals surface area contributed by atoms with Crippen molar-refractivity contribution >= 4 is 22.2 Å². The molecule has 0 unspecified atom stereocenters. The fraction of sp³-hybridized carbons (Fsp3) is 0.214. The zero-order valence-electron chi connectivity index (χ0n) is 12.7. The Labute approximate surface area is 140 Å². The molecular formula is C14H12F4N4O2S. The molecule has 0 radical (unpaired) electrons. The van der Waals surface area contributed by atoms with Gasteiger partial charge in [0, 0.05) is 0 Å². The third kappa shape index (κ3) is 3.06. The molecule has 2 aromatic heterocycles. The lowest BCUT2D eigenvalue weighted by atomic mass is 10.1. The molecule has 1 aromatic carbocycles. The molecule has 0 bridgehead atoms. The maximum Gasteiger partial charge on any atom is 0.295 e. The Hall–Kier alpha value is -2.56. The minimum atomic E-state index is -5.32. The Kier molecular flexibility index (Phi) is 4.19. The molecule has 2 N–H and O–H groups in total. The van der Waals surface area contributed by atoms with Crippen molar-refractivity contribution in [2.75, 3.05) is 0 Å². The summed E-state index contributed by atoms with van der Waals surface area (Å²) in [5, 5.41) is 13.4. The van der Waals surface area contributed by atoms with Crippen LogP contribution in [0.3, 0.4) is 0 Å². The molecule has 0 saturated carbocycles. The summed E-state index contributed by atoms with van der Waals surface area (Å²) in [6.45, 7) is 0.589. The number of nitrogens with zero attached hydrogens (tertiary/aromatic N) is 3. The largest absolute Gasteiger partial charge is 0.480 e. The molecule has 134 valence electrons. The minimum absolute atomic E-state index is 0.0491. The average Bonchev–Trinajstić information content (AvgIpc) is 2.92. The van der Waals surface area contributed by atoms with Crippen LogP contribution in [0.5, 0.6) is 6.01 Å². The number of aromatic amines is 1. The number of aromatic hydroxyl groups is 1. The molecule has 0 amide bonds. The van der Waals surface area contributed by atoms with Gasteiger partial charge in [-0.05, 0) is 24.6 Å². The first-order valence-corrected chi connectivity index (χ1v) is 8.34. The molecule has 0 spiro atoms. The number of H-pyrrole nitrogens is 1. The van der Waals surface area contributed by atoms with Crippen LogP contribution >= 0.6 is 11.2 Å². The number of benzene rings is 1. The predicted molar refractivity (Wildman–Crippen MR) is 84.1 cm³/mol. The maximum absolute atomic E-state index is 13.2. The monoisotopic (exact) mass is 376 g/mol. The molecule has 3 aromatic rings. The SMILES string of the molecule is C[C@@H](c1ccc(S(F)(F)F)cc1)n1nc(CF)c2c(=O)[nH]c(O)nc21. The highest BCUT2D eigenvalue weighted by Crippen LogP contribution is 2.60. The van der Waals surface area contributed by atoms with E-state index in [-0.39, 0.29) is 16.7 Å². The number of halogens is 4. The fourth-order valence-corrected chi connectivity index (χ4v) is 2.95. The van der Waals surface area contributed by atoms with Gasteiger partial charge >= 0.3 is 0 Å². The van der Waals surface area contributed by atoms with Crippen LogP contribution in [0.1, 0.15) is 24.2 Å². The molecular weight excluding hydrogens is 364 g/mol. The number of fused-ring (bicyclic) bond motifs is 1. The quantitative estimate of drug-likeness (QED) is 0.680. The number of rotatable bonds is 4. The van der Waals surface area contributed by atoms with E-state index in [0.717, 1.165) is 12.1 Å². The summed E-state index contributed by atoms with van der Waals surface area (Å²) in [5.41, 5.74) is -0.493. The van der Waals surface area contributed by atoms with Gasteiger partial charge in [-0.3, -0.25) is 9.78 Å². The second-order valence-corrected chi connectivity index (χ2v) is 6.55. The smallest absolute Gasteiger partial charge is 0.295 e. The lowest BCUT2D eigenvalue weighted by Gasteiger charge is -2.15. The van der Waals surface area contributed by atoms with Crippen molar-refractivity contribution in [3.05, 3.63) is 45.9 Å². The van der Waals surface area contributed by atoms with Crippen LogP contribution in [0.15, 0.2) is 34.0 Å². The Morgan fingerprint density at radius 3 is 2.48 bits per heavy atom. The molecule has 2 heterocycles. The highest BCUT2D eigenvalue weighted by Gasteiger charge is 2.25. The van der Waals surface area contributed by atoms with Crippen LogP contribution in [0, 0.1) is 0 Å². The summed E-state index contributed by atoms with van der Waals surface area (Å²) in [7, 11) is 0. The van der Waals surface area contributed by atoms with E-state index >= 15 is 0 Å². The van der Waals surface area contributed by atoms with Crippen LogP contribution < -0.4 is 5.56 Å². The van der Waals surface area contributed by atoms with Crippen LogP contribution in [-0.2, 0) is 6.67 Å². The van der Waals surface area contributed by atoms with Crippen LogP contribution in [-0.4, -0.2) is 24.9 Å². The van der Waals surface area contributed by atoms with Gasteiger partial charge in [0.2, 0.25) is 11.2 Å². The number of hydrogen-bond acceptors (Lipinski definition) is 4. The van der Waals surface area contributed by atoms with Crippen molar-refractivity contribution in [2.24, 2.45) is 0 Å². The summed E-state index contributed by atoms with van der Waals surface area (Å²) in [6.07, 6.45) is 0. The molecule has 0 saturated heterocycles. The minimum Gasteiger partial charge on any atom is -0.480 e. The van der Waals surface area contributed by atoms with Gasteiger partial charge in [-0.15, -0.1) is 11.7 Å². The van der Waals surface area contributed by atoms with Crippen molar-refractivity contribution < 1.29 is 21.2 Å². The van der Waals surface area contributed by atoms with Crippen molar-refractivity contribution in [3.8, 4) is 6.01 Å². The lowest BCUT2D eigenvalue weighted by Crippen LogP contribution is -2.12. The zero-order chi connectivity index (χ0) is 18.4. The molecule has 0 fully saturated rings. The van der Waals surface area contributed by atoms with Gasteiger partial charge in [-0.2, -0.15) is 10.1 Å². The Morgan fingerprint density at radius 2 is 1.92 bits per heavy atom. The number of hydrogen-bond donors (Lipinski definition) is 2. The highest BCUT2D eigenvalue weighted by atomic mass is 32.3. The topological polar surface area (TPSA) is 83.8 Å². The van der Waals surface area contributed by atoms with E-state index in [0.29, 0.717) is 5.56 Å². The van der Waals surface area contributed by atoms with Crippen LogP contribution in [0.4, 0.5) is 16.0 Å². The van der Waals surface area contributed by atoms with Gasteiger partial charge in [0.05, 0.1) is 10.9 Å². The van der Waals surface area contributed by atoms with E-state index in [1.807, 2.05) is 0 Å². The summed E-state index contributed by atoms with van der Waals surface area (Å²) < 4.78 is 52.6. The van der Waals surface area contributed by atoms with Crippen molar-refractivity contribution in [1.29, 1.82) is 0 Å². The summed E-state index contributed by atoms with van der Waals surface area (Å²) in [6, 6.07) is 3.20. The van der Waals surface area contributed by atoms with Crippen molar-refractivity contribution in [3.63, 3.8) is 0 Å². The van der Waals surface area contributed by atoms with E-state index in [1.54, 1.807) is 6.92 Å². The highest BCUT2D eigenvalue weighted by molar-refractivity contribution is 8.20. The molecule has 0 aliphatic carbocycles. The molecule has 1 atom stereocenters. The molecule has 3 rings (SSSR count). The summed E-state index contributed by atoms with van der Waals surface area (Å²) in [4.78, 5) is 17.0. The maximum atomic E-state index is 13.2. The van der Waals surface area contributed by atoms with Crippen molar-refractivity contribution in [2.45, 2.75) is 24.5 Å². The third-order valence-electron chi connectivity index (χ3n) is 3.75. The number of nitrogens with one attached hydrogen (secondary N) is 1. The molecule has 11 heteroatoms. The average molecular weight is 376 g/mol. The van der Waals surface area contributed by atoms with Crippen LogP contribution in [0.25, 0.3) is 11.0 Å². The normalized spacial score (nSPS) is 14.0. The Morgan fingerprint density at radius 1 is 1.28 bits per heavy atom. The van der Waals surface area contributed by atoms with E-state index in [4.69, 9.17) is 0 Å². The molecule has 6 nitrogen and oxygen atoms in total. The molecule has 0 aliphatic heterocycles. The van der Waals surface area contributed by atoms with Crippen LogP contribution in [0.2, 0.25) is 0 Å². The first-order valence-electron chi connectivity index (χ1n) is 7.01. The van der Waals surface area contributed by atoms with Gasteiger partial charge < -0.3 is 5.11 Å². The number of aromatic nitrogens is 4. The van der Waals surface area contributed by atoms with E-state index in [9.17, 15) is 25.9 Å². The summed E-state index contributed by atoms with van der Waals surface area (Å²) >= 11 is -5.32. The van der Waals surface area contributed by atoms with E-state index < -0.39 is 40.4 Å². The van der Waals surface area contributed by atoms with Crippen molar-refractivity contribution in [1.82, 2.24) is 19.7 Å². The molecule has 0 aliphatic rings. The van der Waals surface area contributed by atoms with Gasteiger partial charge in [0.1, 0.15) is 17.8 Å². The first kappa shape index (κ1) is 17.3. The lowest BCUT2D eigenvalue weighted by molar-refractivity contribution is 0.429. The van der Waals surface area contributed by atoms with E-state index in [2.05, 4.69) is 15.1 Å². The fourth-order valence-electron chi connectivity index (χ4n) is 2.51. The Bertz CT molecular complexity index is 981. The second-order valence-electron chi connectivity index (χ2n) is 5.26. The number of alkyl halides is 1. The summed E-state index contributed by atoms with van der Waals surface area (Å²) in [5.74, 6) is 0. The van der Waals surface area contributed by atoms with Gasteiger partial charge in [-0.25, -0.2) is 9.07 Å². The molecule has 25 heavy (non-hydrogen) atoms. The first-order chi connectivity index (χ1) is 11.7. The standard InChI is InChI=1S/C14H12F4N4O2S/c1-7(8-2-4-9(5-3-8)25(16,17)18)22-12-11(10(6-15)21-22)13(23)20-14(24)19-12/h2-5,7H,6H2,1H3,(H2,19,20,23,24)/t7-/m0/s1. The van der Waals surface area contributed by atoms with E-state index in [1.165, 1.54) is 16.8 Å². The Balaban J connectivity index is 2.11. The zero-order valence-corrected chi connectivity index (χ0v) is 13.5. The second kappa shape index (κ2) is 6.06. The predicted octanol–water partition coefficient (Wildman–Crippen LogP) is 3.72. The van der Waals surface area contributed by atoms with Gasteiger partial charge in [0.15, 0.2) is 5.65 Å². The third-order valence-corrected chi connectivity index (χ3v) is 4.55.